The monoisotopic (exact) mass is 365 g/mol. The zero-order valence-corrected chi connectivity index (χ0v) is 15.5. The molecule has 1 aromatic heterocycles. The third kappa shape index (κ3) is 4.52. The van der Waals surface area contributed by atoms with Crippen molar-refractivity contribution in [3.63, 3.8) is 0 Å². The highest BCUT2D eigenvalue weighted by Gasteiger charge is 2.13. The topological polar surface area (TPSA) is 30.5 Å². The van der Waals surface area contributed by atoms with E-state index in [0.717, 1.165) is 24.7 Å². The second-order valence-electron chi connectivity index (χ2n) is 6.59. The molecule has 2 heterocycles. The fourth-order valence-electron chi connectivity index (χ4n) is 3.15. The molecule has 0 radical (unpaired) electrons. The first-order valence-corrected chi connectivity index (χ1v) is 10.0. The Morgan fingerprint density at radius 2 is 1.69 bits per heavy atom. The van der Waals surface area contributed by atoms with Crippen molar-refractivity contribution in [2.45, 2.75) is 25.5 Å². The van der Waals surface area contributed by atoms with E-state index < -0.39 is 0 Å². The van der Waals surface area contributed by atoms with Crippen molar-refractivity contribution in [3.8, 4) is 22.6 Å². The highest BCUT2D eigenvalue weighted by molar-refractivity contribution is 7.08. The molecular weight excluding hydrogens is 342 g/mol. The SMILES string of the molecule is c1cc(-c2ccc(Oc3ccc(COCC4CCCN4)cc3)cc2)cs1. The van der Waals surface area contributed by atoms with Gasteiger partial charge in [-0.15, -0.1) is 0 Å². The van der Waals surface area contributed by atoms with E-state index in [0.29, 0.717) is 12.6 Å². The van der Waals surface area contributed by atoms with Crippen molar-refractivity contribution in [1.29, 1.82) is 0 Å². The van der Waals surface area contributed by atoms with E-state index in [-0.39, 0.29) is 0 Å². The smallest absolute Gasteiger partial charge is 0.127 e. The maximum atomic E-state index is 5.94. The summed E-state index contributed by atoms with van der Waals surface area (Å²) < 4.78 is 11.8. The van der Waals surface area contributed by atoms with Gasteiger partial charge >= 0.3 is 0 Å². The minimum atomic E-state index is 0.523. The summed E-state index contributed by atoms with van der Waals surface area (Å²) in [5.74, 6) is 1.69. The molecule has 3 nitrogen and oxygen atoms in total. The first-order chi connectivity index (χ1) is 12.9. The van der Waals surface area contributed by atoms with Gasteiger partial charge in [-0.3, -0.25) is 0 Å². The van der Waals surface area contributed by atoms with E-state index in [4.69, 9.17) is 9.47 Å². The molecule has 1 fully saturated rings. The molecule has 0 saturated carbocycles. The summed E-state index contributed by atoms with van der Waals surface area (Å²) in [6, 6.07) is 19.0. The van der Waals surface area contributed by atoms with E-state index in [1.807, 2.05) is 24.3 Å². The second kappa shape index (κ2) is 8.49. The highest BCUT2D eigenvalue weighted by Crippen LogP contribution is 2.27. The number of hydrogen-bond donors (Lipinski definition) is 1. The van der Waals surface area contributed by atoms with Crippen molar-refractivity contribution in [2.24, 2.45) is 0 Å². The molecule has 1 aliphatic rings. The van der Waals surface area contributed by atoms with Gasteiger partial charge in [0.1, 0.15) is 11.5 Å². The van der Waals surface area contributed by atoms with Crippen molar-refractivity contribution in [3.05, 3.63) is 70.9 Å². The molecule has 1 unspecified atom stereocenters. The van der Waals surface area contributed by atoms with Gasteiger partial charge in [-0.2, -0.15) is 11.3 Å². The van der Waals surface area contributed by atoms with Crippen LogP contribution in [0.1, 0.15) is 18.4 Å². The lowest BCUT2D eigenvalue weighted by Gasteiger charge is -2.11. The Morgan fingerprint density at radius 1 is 0.923 bits per heavy atom. The van der Waals surface area contributed by atoms with Gasteiger partial charge in [-0.25, -0.2) is 0 Å². The highest BCUT2D eigenvalue weighted by atomic mass is 32.1. The number of benzene rings is 2. The third-order valence-corrected chi connectivity index (χ3v) is 5.30. The lowest BCUT2D eigenvalue weighted by Crippen LogP contribution is -2.26. The van der Waals surface area contributed by atoms with Crippen LogP contribution in [0.15, 0.2) is 65.4 Å². The average Bonchev–Trinajstić information content (AvgIpc) is 3.38. The molecule has 1 saturated heterocycles. The Hall–Kier alpha value is -2.14. The molecule has 4 rings (SSSR count). The summed E-state index contributed by atoms with van der Waals surface area (Å²) in [5, 5.41) is 7.69. The Balaban J connectivity index is 1.29. The molecule has 0 amide bonds. The molecular formula is C22H23NO2S. The maximum Gasteiger partial charge on any atom is 0.127 e. The number of nitrogens with one attached hydrogen (secondary N) is 1. The predicted molar refractivity (Wildman–Crippen MR) is 107 cm³/mol. The van der Waals surface area contributed by atoms with Crippen LogP contribution in [0.25, 0.3) is 11.1 Å². The summed E-state index contributed by atoms with van der Waals surface area (Å²) in [6.07, 6.45) is 2.48. The van der Waals surface area contributed by atoms with Crippen molar-refractivity contribution >= 4 is 11.3 Å². The van der Waals surface area contributed by atoms with Crippen LogP contribution in [0.2, 0.25) is 0 Å². The van der Waals surface area contributed by atoms with Gasteiger partial charge in [-0.1, -0.05) is 24.3 Å². The second-order valence-corrected chi connectivity index (χ2v) is 7.37. The van der Waals surface area contributed by atoms with E-state index in [1.165, 1.54) is 29.5 Å². The van der Waals surface area contributed by atoms with Gasteiger partial charge < -0.3 is 14.8 Å². The molecule has 26 heavy (non-hydrogen) atoms. The van der Waals surface area contributed by atoms with Gasteiger partial charge in [0, 0.05) is 6.04 Å². The fraction of sp³-hybridized carbons (Fsp3) is 0.273. The lowest BCUT2D eigenvalue weighted by atomic mass is 10.1. The minimum Gasteiger partial charge on any atom is -0.457 e. The van der Waals surface area contributed by atoms with E-state index in [9.17, 15) is 0 Å². The Kier molecular flexibility index (Phi) is 5.65. The number of thiophene rings is 1. The Morgan fingerprint density at radius 3 is 2.35 bits per heavy atom. The Labute approximate surface area is 158 Å². The lowest BCUT2D eigenvalue weighted by molar-refractivity contribution is 0.103. The summed E-state index contributed by atoms with van der Waals surface area (Å²) in [5.41, 5.74) is 3.63. The molecule has 3 aromatic rings. The van der Waals surface area contributed by atoms with Gasteiger partial charge in [0.05, 0.1) is 13.2 Å². The molecule has 1 atom stereocenters. The van der Waals surface area contributed by atoms with Crippen molar-refractivity contribution < 1.29 is 9.47 Å². The Bertz CT molecular complexity index is 791. The zero-order valence-electron chi connectivity index (χ0n) is 14.7. The predicted octanol–water partition coefficient (Wildman–Crippen LogP) is 5.48. The molecule has 1 aliphatic heterocycles. The maximum absolute atomic E-state index is 5.94. The summed E-state index contributed by atoms with van der Waals surface area (Å²) >= 11 is 1.71. The first kappa shape index (κ1) is 17.3. The van der Waals surface area contributed by atoms with Crippen LogP contribution >= 0.6 is 11.3 Å². The summed E-state index contributed by atoms with van der Waals surface area (Å²) in [4.78, 5) is 0. The normalized spacial score (nSPS) is 16.7. The largest absolute Gasteiger partial charge is 0.457 e. The van der Waals surface area contributed by atoms with Crippen molar-refractivity contribution in [2.75, 3.05) is 13.2 Å². The average molecular weight is 365 g/mol. The van der Waals surface area contributed by atoms with Crippen LogP contribution in [-0.4, -0.2) is 19.2 Å². The summed E-state index contributed by atoms with van der Waals surface area (Å²) in [7, 11) is 0. The van der Waals surface area contributed by atoms with Gasteiger partial charge in [0.2, 0.25) is 0 Å². The molecule has 0 aliphatic carbocycles. The molecule has 2 aromatic carbocycles. The molecule has 4 heteroatoms. The van der Waals surface area contributed by atoms with E-state index in [1.54, 1.807) is 11.3 Å². The number of rotatable bonds is 7. The van der Waals surface area contributed by atoms with Crippen LogP contribution < -0.4 is 10.1 Å². The minimum absolute atomic E-state index is 0.523. The molecule has 0 spiro atoms. The van der Waals surface area contributed by atoms with Crippen molar-refractivity contribution in [1.82, 2.24) is 5.32 Å². The molecule has 1 N–H and O–H groups in total. The number of hydrogen-bond acceptors (Lipinski definition) is 4. The molecule has 0 bridgehead atoms. The van der Waals surface area contributed by atoms with Gasteiger partial charge in [0.25, 0.3) is 0 Å². The van der Waals surface area contributed by atoms with Crippen LogP contribution in [0.3, 0.4) is 0 Å². The zero-order chi connectivity index (χ0) is 17.6. The van der Waals surface area contributed by atoms with E-state index in [2.05, 4.69) is 46.4 Å². The first-order valence-electron chi connectivity index (χ1n) is 9.07. The quantitative estimate of drug-likeness (QED) is 0.602. The van der Waals surface area contributed by atoms with Crippen LogP contribution in [0, 0.1) is 0 Å². The van der Waals surface area contributed by atoms with E-state index >= 15 is 0 Å². The third-order valence-electron chi connectivity index (χ3n) is 4.62. The summed E-state index contributed by atoms with van der Waals surface area (Å²) in [6.45, 7) is 2.55. The fourth-order valence-corrected chi connectivity index (χ4v) is 3.82. The van der Waals surface area contributed by atoms with Crippen LogP contribution in [-0.2, 0) is 11.3 Å². The van der Waals surface area contributed by atoms with Gasteiger partial charge in [0.15, 0.2) is 0 Å². The number of ether oxygens (including phenoxy) is 2. The standard InChI is InChI=1S/C22H23NO2S/c1-2-20(23-12-1)15-24-14-17-3-7-21(8-4-17)25-22-9-5-18(6-10-22)19-11-13-26-16-19/h3-11,13,16,20,23H,1-2,12,14-15H2. The van der Waals surface area contributed by atoms with Crippen LogP contribution in [0.5, 0.6) is 11.5 Å². The van der Waals surface area contributed by atoms with Crippen LogP contribution in [0.4, 0.5) is 0 Å². The van der Waals surface area contributed by atoms with Gasteiger partial charge in [-0.05, 0) is 77.2 Å². The molecule has 134 valence electrons.